The van der Waals surface area contributed by atoms with E-state index in [1.165, 1.54) is 11.1 Å². The largest absolute Gasteiger partial charge is 0.384 e. The third-order valence-electron chi connectivity index (χ3n) is 3.04. The van der Waals surface area contributed by atoms with Crippen LogP contribution in [0.4, 0.5) is 0 Å². The Labute approximate surface area is 138 Å². The lowest BCUT2D eigenvalue weighted by molar-refractivity contribution is 0.202. The average molecular weight is 374 g/mol. The fourth-order valence-corrected chi connectivity index (χ4v) is 3.10. The first-order valence-electron chi connectivity index (χ1n) is 6.28. The Morgan fingerprint density at radius 3 is 2.15 bits per heavy atom. The van der Waals surface area contributed by atoms with Gasteiger partial charge in [-0.2, -0.15) is 0 Å². The van der Waals surface area contributed by atoms with Crippen molar-refractivity contribution in [2.45, 2.75) is 11.2 Å². The van der Waals surface area contributed by atoms with Gasteiger partial charge in [-0.25, -0.2) is 0 Å². The molecule has 1 atom stereocenters. The first-order chi connectivity index (χ1) is 9.60. The van der Waals surface area contributed by atoms with Crippen LogP contribution < -0.4 is 0 Å². The highest BCUT2D eigenvalue weighted by Gasteiger charge is 2.11. The summed E-state index contributed by atoms with van der Waals surface area (Å²) >= 11 is 15.8. The molecule has 106 valence electrons. The van der Waals surface area contributed by atoms with E-state index in [0.29, 0.717) is 10.0 Å². The highest BCUT2D eigenvalue weighted by atomic mass is 79.9. The van der Waals surface area contributed by atoms with Crippen molar-refractivity contribution < 1.29 is 4.74 Å². The van der Waals surface area contributed by atoms with E-state index < -0.39 is 0 Å². The molecule has 2 aromatic carbocycles. The number of ether oxygens (including phenoxy) is 1. The Hall–Kier alpha value is -0.540. The maximum absolute atomic E-state index is 6.04. The van der Waals surface area contributed by atoms with Gasteiger partial charge in [0.1, 0.15) is 0 Å². The maximum Gasteiger partial charge on any atom is 0.0645 e. The third kappa shape index (κ3) is 4.23. The van der Waals surface area contributed by atoms with E-state index in [9.17, 15) is 0 Å². The molecule has 0 saturated heterocycles. The molecule has 20 heavy (non-hydrogen) atoms. The van der Waals surface area contributed by atoms with Crippen LogP contribution in [0.15, 0.2) is 42.5 Å². The second-order valence-electron chi connectivity index (χ2n) is 4.55. The minimum absolute atomic E-state index is 0.0789. The summed E-state index contributed by atoms with van der Waals surface area (Å²) in [4.78, 5) is 0.0789. The van der Waals surface area contributed by atoms with Crippen LogP contribution in [0, 0.1) is 0 Å². The minimum Gasteiger partial charge on any atom is -0.384 e. The molecule has 0 aliphatic rings. The Bertz CT molecular complexity index is 549. The molecular formula is C16H15BrCl2O. The Morgan fingerprint density at radius 1 is 1.00 bits per heavy atom. The van der Waals surface area contributed by atoms with Crippen LogP contribution >= 0.6 is 39.1 Å². The molecule has 0 spiro atoms. The van der Waals surface area contributed by atoms with Gasteiger partial charge < -0.3 is 4.74 Å². The van der Waals surface area contributed by atoms with Gasteiger partial charge in [0, 0.05) is 17.2 Å². The lowest BCUT2D eigenvalue weighted by Gasteiger charge is -2.12. The predicted octanol–water partition coefficient (Wildman–Crippen LogP) is 5.67. The fraction of sp³-hybridized carbons (Fsp3) is 0.250. The van der Waals surface area contributed by atoms with Gasteiger partial charge >= 0.3 is 0 Å². The zero-order chi connectivity index (χ0) is 14.5. The summed E-state index contributed by atoms with van der Waals surface area (Å²) in [6.07, 6.45) is 0.923. The maximum atomic E-state index is 6.04. The molecule has 0 amide bonds. The van der Waals surface area contributed by atoms with Crippen LogP contribution in [-0.2, 0) is 11.2 Å². The van der Waals surface area contributed by atoms with E-state index >= 15 is 0 Å². The standard InChI is InChI=1S/C16H15BrCl2O/c1-20-7-6-11-2-4-12(5-3-11)16(17)13-8-14(18)10-15(19)9-13/h2-5,8-10,16H,6-7H2,1H3. The molecule has 1 unspecified atom stereocenters. The molecule has 4 heteroatoms. The first-order valence-corrected chi connectivity index (χ1v) is 7.95. The predicted molar refractivity (Wildman–Crippen MR) is 89.3 cm³/mol. The van der Waals surface area contributed by atoms with Gasteiger partial charge in [-0.15, -0.1) is 0 Å². The minimum atomic E-state index is 0.0789. The van der Waals surface area contributed by atoms with Crippen molar-refractivity contribution in [2.24, 2.45) is 0 Å². The smallest absolute Gasteiger partial charge is 0.0645 e. The van der Waals surface area contributed by atoms with Crippen molar-refractivity contribution >= 4 is 39.1 Å². The van der Waals surface area contributed by atoms with Crippen LogP contribution in [0.2, 0.25) is 10.0 Å². The number of hydrogen-bond acceptors (Lipinski definition) is 1. The van der Waals surface area contributed by atoms with Crippen molar-refractivity contribution in [3.05, 3.63) is 69.2 Å². The lowest BCUT2D eigenvalue weighted by atomic mass is 10.0. The molecule has 0 aromatic heterocycles. The lowest BCUT2D eigenvalue weighted by Crippen LogP contribution is -1.96. The number of methoxy groups -OCH3 is 1. The van der Waals surface area contributed by atoms with Gasteiger partial charge in [-0.05, 0) is 41.3 Å². The molecule has 0 bridgehead atoms. The molecule has 1 nitrogen and oxygen atoms in total. The highest BCUT2D eigenvalue weighted by Crippen LogP contribution is 2.34. The molecular weight excluding hydrogens is 359 g/mol. The van der Waals surface area contributed by atoms with Crippen molar-refractivity contribution in [3.63, 3.8) is 0 Å². The number of hydrogen-bond donors (Lipinski definition) is 0. The Morgan fingerprint density at radius 2 is 1.60 bits per heavy atom. The third-order valence-corrected chi connectivity index (χ3v) is 4.54. The molecule has 0 N–H and O–H groups in total. The van der Waals surface area contributed by atoms with Gasteiger partial charge in [0.25, 0.3) is 0 Å². The number of rotatable bonds is 5. The zero-order valence-corrected chi connectivity index (χ0v) is 14.2. The average Bonchev–Trinajstić information content (AvgIpc) is 2.44. The molecule has 0 aliphatic carbocycles. The van der Waals surface area contributed by atoms with Crippen molar-refractivity contribution in [1.82, 2.24) is 0 Å². The van der Waals surface area contributed by atoms with Gasteiger partial charge in [0.05, 0.1) is 11.4 Å². The van der Waals surface area contributed by atoms with E-state index in [1.807, 2.05) is 12.1 Å². The van der Waals surface area contributed by atoms with Gasteiger partial charge in [0.2, 0.25) is 0 Å². The second-order valence-corrected chi connectivity index (χ2v) is 6.34. The Balaban J connectivity index is 2.17. The highest BCUT2D eigenvalue weighted by molar-refractivity contribution is 9.09. The van der Waals surface area contributed by atoms with Crippen molar-refractivity contribution in [1.29, 1.82) is 0 Å². The number of halogens is 3. The molecule has 2 rings (SSSR count). The molecule has 0 fully saturated rings. The summed E-state index contributed by atoms with van der Waals surface area (Å²) in [7, 11) is 1.71. The van der Waals surface area contributed by atoms with Crippen LogP contribution in [0.3, 0.4) is 0 Å². The van der Waals surface area contributed by atoms with Crippen LogP contribution in [0.5, 0.6) is 0 Å². The van der Waals surface area contributed by atoms with Crippen molar-refractivity contribution in [3.8, 4) is 0 Å². The quantitative estimate of drug-likeness (QED) is 0.613. The topological polar surface area (TPSA) is 9.23 Å². The van der Waals surface area contributed by atoms with Crippen LogP contribution in [0.1, 0.15) is 21.5 Å². The number of benzene rings is 2. The van der Waals surface area contributed by atoms with E-state index in [0.717, 1.165) is 18.6 Å². The first kappa shape index (κ1) is 15.8. The zero-order valence-electron chi connectivity index (χ0n) is 11.1. The van der Waals surface area contributed by atoms with E-state index in [4.69, 9.17) is 27.9 Å². The fourth-order valence-electron chi connectivity index (χ4n) is 1.99. The monoisotopic (exact) mass is 372 g/mol. The molecule has 2 aromatic rings. The molecule has 0 heterocycles. The van der Waals surface area contributed by atoms with Crippen LogP contribution in [0.25, 0.3) is 0 Å². The normalized spacial score (nSPS) is 12.4. The Kier molecular flexibility index (Phi) is 5.91. The molecule has 0 saturated carbocycles. The number of alkyl halides is 1. The summed E-state index contributed by atoms with van der Waals surface area (Å²) in [5.41, 5.74) is 3.48. The second kappa shape index (κ2) is 7.46. The molecule has 0 radical (unpaired) electrons. The van der Waals surface area contributed by atoms with Gasteiger partial charge in [0.15, 0.2) is 0 Å². The summed E-state index contributed by atoms with van der Waals surface area (Å²) < 4.78 is 5.08. The van der Waals surface area contributed by atoms with Crippen LogP contribution in [-0.4, -0.2) is 13.7 Å². The van der Waals surface area contributed by atoms with Gasteiger partial charge in [-0.1, -0.05) is 63.4 Å². The summed E-state index contributed by atoms with van der Waals surface area (Å²) in [5.74, 6) is 0. The molecule has 0 aliphatic heterocycles. The van der Waals surface area contributed by atoms with E-state index in [-0.39, 0.29) is 4.83 Å². The SMILES string of the molecule is COCCc1ccc(C(Br)c2cc(Cl)cc(Cl)c2)cc1. The summed E-state index contributed by atoms with van der Waals surface area (Å²) in [6, 6.07) is 14.0. The summed E-state index contributed by atoms with van der Waals surface area (Å²) in [5, 5.41) is 1.29. The van der Waals surface area contributed by atoms with E-state index in [1.54, 1.807) is 13.2 Å². The summed E-state index contributed by atoms with van der Waals surface area (Å²) in [6.45, 7) is 0.737. The van der Waals surface area contributed by atoms with Crippen molar-refractivity contribution in [2.75, 3.05) is 13.7 Å². The van der Waals surface area contributed by atoms with Gasteiger partial charge in [-0.3, -0.25) is 0 Å². The van der Waals surface area contributed by atoms with E-state index in [2.05, 4.69) is 40.2 Å².